The third-order valence-corrected chi connectivity index (χ3v) is 4.79. The second-order valence-electron chi connectivity index (χ2n) is 6.57. The number of hydrogen-bond donors (Lipinski definition) is 1. The van der Waals surface area contributed by atoms with E-state index >= 15 is 0 Å². The molecule has 2 aliphatic rings. The minimum absolute atomic E-state index is 0.122. The summed E-state index contributed by atoms with van der Waals surface area (Å²) >= 11 is 0. The molecule has 0 radical (unpaired) electrons. The molecule has 0 fully saturated rings. The molecule has 0 spiro atoms. The van der Waals surface area contributed by atoms with E-state index in [1.54, 1.807) is 0 Å². The number of ether oxygens (including phenoxy) is 3. The van der Waals surface area contributed by atoms with Crippen LogP contribution in [0.2, 0.25) is 0 Å². The van der Waals surface area contributed by atoms with Crippen LogP contribution < -0.4 is 19.5 Å². The molecule has 0 saturated heterocycles. The summed E-state index contributed by atoms with van der Waals surface area (Å²) < 4.78 is 17.3. The average Bonchev–Trinajstić information content (AvgIpc) is 2.96. The van der Waals surface area contributed by atoms with Crippen molar-refractivity contribution < 1.29 is 14.2 Å². The maximum Gasteiger partial charge on any atom is 0.231 e. The second kappa shape index (κ2) is 6.37. The molecule has 2 unspecified atom stereocenters. The second-order valence-corrected chi connectivity index (χ2v) is 6.57. The Kier molecular flexibility index (Phi) is 4.48. The van der Waals surface area contributed by atoms with Gasteiger partial charge in [-0.1, -0.05) is 26.7 Å². The Bertz CT molecular complexity index is 531. The molecular formula is C18H27NO3. The van der Waals surface area contributed by atoms with Crippen LogP contribution in [0.5, 0.6) is 17.2 Å². The average molecular weight is 305 g/mol. The topological polar surface area (TPSA) is 39.7 Å². The Labute approximate surface area is 133 Å². The monoisotopic (exact) mass is 305 g/mol. The van der Waals surface area contributed by atoms with Crippen molar-refractivity contribution in [2.45, 2.75) is 64.5 Å². The highest BCUT2D eigenvalue weighted by Crippen LogP contribution is 2.47. The fourth-order valence-corrected chi connectivity index (χ4v) is 3.20. The van der Waals surface area contributed by atoms with E-state index in [9.17, 15) is 0 Å². The summed E-state index contributed by atoms with van der Waals surface area (Å²) in [5.41, 5.74) is 1.08. The van der Waals surface area contributed by atoms with Crippen molar-refractivity contribution in [1.29, 1.82) is 0 Å². The summed E-state index contributed by atoms with van der Waals surface area (Å²) in [6, 6.07) is 4.40. The molecule has 122 valence electrons. The molecule has 2 aliphatic heterocycles. The van der Waals surface area contributed by atoms with Crippen LogP contribution in [-0.4, -0.2) is 18.9 Å². The molecule has 3 rings (SSSR count). The van der Waals surface area contributed by atoms with Gasteiger partial charge < -0.3 is 19.5 Å². The lowest BCUT2D eigenvalue weighted by atomic mass is 9.86. The molecule has 1 aromatic rings. The van der Waals surface area contributed by atoms with Gasteiger partial charge in [-0.15, -0.1) is 0 Å². The van der Waals surface area contributed by atoms with E-state index in [4.69, 9.17) is 14.2 Å². The van der Waals surface area contributed by atoms with Gasteiger partial charge in [0.25, 0.3) is 0 Å². The Balaban J connectivity index is 1.83. The summed E-state index contributed by atoms with van der Waals surface area (Å²) in [7, 11) is 0. The highest BCUT2D eigenvalue weighted by Gasteiger charge is 2.37. The van der Waals surface area contributed by atoms with Gasteiger partial charge in [0.15, 0.2) is 11.5 Å². The molecule has 0 saturated carbocycles. The van der Waals surface area contributed by atoms with Gasteiger partial charge in [0.1, 0.15) is 11.4 Å². The van der Waals surface area contributed by atoms with E-state index in [0.29, 0.717) is 12.8 Å². The first-order valence-electron chi connectivity index (χ1n) is 8.51. The molecule has 4 nitrogen and oxygen atoms in total. The van der Waals surface area contributed by atoms with Crippen molar-refractivity contribution in [3.05, 3.63) is 17.7 Å². The minimum Gasteiger partial charge on any atom is -0.487 e. The third-order valence-electron chi connectivity index (χ3n) is 4.79. The molecule has 0 aromatic heterocycles. The first-order valence-corrected chi connectivity index (χ1v) is 8.51. The zero-order valence-corrected chi connectivity index (χ0v) is 13.9. The van der Waals surface area contributed by atoms with Crippen molar-refractivity contribution in [2.75, 3.05) is 13.3 Å². The normalized spacial score (nSPS) is 25.7. The Morgan fingerprint density at radius 3 is 2.64 bits per heavy atom. The molecule has 4 heteroatoms. The Morgan fingerprint density at radius 2 is 1.91 bits per heavy atom. The van der Waals surface area contributed by atoms with Crippen LogP contribution in [0.1, 0.15) is 64.5 Å². The standard InChI is InChI=1S/C18H27NO3/c1-4-6-7-8-19-14-11-18(3,5-2)22-15-10-17-16(9-13(14)15)20-12-21-17/h9-10,14,19H,4-8,11-12H2,1-3H3. The maximum atomic E-state index is 6.28. The molecule has 0 amide bonds. The van der Waals surface area contributed by atoms with Crippen LogP contribution >= 0.6 is 0 Å². The summed E-state index contributed by atoms with van der Waals surface area (Å²) in [6.07, 6.45) is 5.72. The Morgan fingerprint density at radius 1 is 1.14 bits per heavy atom. The number of unbranched alkanes of at least 4 members (excludes halogenated alkanes) is 2. The van der Waals surface area contributed by atoms with Crippen LogP contribution in [0.15, 0.2) is 12.1 Å². The van der Waals surface area contributed by atoms with Crippen LogP contribution in [0.3, 0.4) is 0 Å². The number of hydrogen-bond acceptors (Lipinski definition) is 4. The van der Waals surface area contributed by atoms with Crippen molar-refractivity contribution in [1.82, 2.24) is 5.32 Å². The van der Waals surface area contributed by atoms with Gasteiger partial charge in [-0.05, 0) is 32.4 Å². The van der Waals surface area contributed by atoms with E-state index < -0.39 is 0 Å². The smallest absolute Gasteiger partial charge is 0.231 e. The predicted octanol–water partition coefficient (Wildman–Crippen LogP) is 4.19. The molecule has 2 heterocycles. The van der Waals surface area contributed by atoms with E-state index in [2.05, 4.69) is 32.2 Å². The van der Waals surface area contributed by atoms with Crippen molar-refractivity contribution >= 4 is 0 Å². The van der Waals surface area contributed by atoms with Gasteiger partial charge in [-0.3, -0.25) is 0 Å². The summed E-state index contributed by atoms with van der Waals surface area (Å²) in [5, 5.41) is 3.72. The lowest BCUT2D eigenvalue weighted by Crippen LogP contribution is -2.41. The Hall–Kier alpha value is -1.42. The fraction of sp³-hybridized carbons (Fsp3) is 0.667. The molecular weight excluding hydrogens is 278 g/mol. The van der Waals surface area contributed by atoms with Gasteiger partial charge in [-0.2, -0.15) is 0 Å². The maximum absolute atomic E-state index is 6.28. The van der Waals surface area contributed by atoms with Crippen molar-refractivity contribution in [3.63, 3.8) is 0 Å². The van der Waals surface area contributed by atoms with Gasteiger partial charge >= 0.3 is 0 Å². The van der Waals surface area contributed by atoms with E-state index in [1.165, 1.54) is 24.8 Å². The van der Waals surface area contributed by atoms with Gasteiger partial charge in [0.2, 0.25) is 6.79 Å². The van der Waals surface area contributed by atoms with Crippen molar-refractivity contribution in [3.8, 4) is 17.2 Å². The lowest BCUT2D eigenvalue weighted by Gasteiger charge is -2.40. The highest BCUT2D eigenvalue weighted by atomic mass is 16.7. The zero-order valence-electron chi connectivity index (χ0n) is 13.9. The molecule has 22 heavy (non-hydrogen) atoms. The van der Waals surface area contributed by atoms with Gasteiger partial charge in [-0.25, -0.2) is 0 Å². The quantitative estimate of drug-likeness (QED) is 0.800. The number of nitrogens with one attached hydrogen (secondary N) is 1. The third kappa shape index (κ3) is 3.02. The molecule has 1 aromatic carbocycles. The fourth-order valence-electron chi connectivity index (χ4n) is 3.20. The minimum atomic E-state index is -0.122. The van der Waals surface area contributed by atoms with E-state index in [0.717, 1.165) is 36.6 Å². The largest absolute Gasteiger partial charge is 0.487 e. The molecule has 1 N–H and O–H groups in total. The van der Waals surface area contributed by atoms with E-state index in [1.807, 2.05) is 6.07 Å². The number of benzene rings is 1. The summed E-state index contributed by atoms with van der Waals surface area (Å²) in [5.74, 6) is 2.57. The van der Waals surface area contributed by atoms with Gasteiger partial charge in [0, 0.05) is 24.1 Å². The molecule has 2 atom stereocenters. The van der Waals surface area contributed by atoms with Crippen LogP contribution in [0.25, 0.3) is 0 Å². The molecule has 0 bridgehead atoms. The molecule has 0 aliphatic carbocycles. The first kappa shape index (κ1) is 15.5. The number of rotatable bonds is 6. The SMILES string of the molecule is CCCCCNC1CC(C)(CC)Oc2cc3c(cc21)OCO3. The van der Waals surface area contributed by atoms with Crippen molar-refractivity contribution in [2.24, 2.45) is 0 Å². The van der Waals surface area contributed by atoms with Crippen LogP contribution in [0, 0.1) is 0 Å². The predicted molar refractivity (Wildman–Crippen MR) is 86.8 cm³/mol. The first-order chi connectivity index (χ1) is 10.6. The van der Waals surface area contributed by atoms with Crippen LogP contribution in [-0.2, 0) is 0 Å². The lowest BCUT2D eigenvalue weighted by molar-refractivity contribution is 0.0440. The highest BCUT2D eigenvalue weighted by molar-refractivity contribution is 5.54. The van der Waals surface area contributed by atoms with E-state index in [-0.39, 0.29) is 5.60 Å². The van der Waals surface area contributed by atoms with Gasteiger partial charge in [0.05, 0.1) is 0 Å². The zero-order chi connectivity index (χ0) is 15.6. The number of fused-ring (bicyclic) bond motifs is 2. The summed E-state index contributed by atoms with van der Waals surface area (Å²) in [6.45, 7) is 7.97. The van der Waals surface area contributed by atoms with Crippen LogP contribution in [0.4, 0.5) is 0 Å². The summed E-state index contributed by atoms with van der Waals surface area (Å²) in [4.78, 5) is 0.